The fourth-order valence-electron chi connectivity index (χ4n) is 5.52. The van der Waals surface area contributed by atoms with Crippen molar-refractivity contribution < 1.29 is 49.0 Å². The number of rotatable bonds is 5. The van der Waals surface area contributed by atoms with Crippen molar-refractivity contribution in [2.75, 3.05) is 35.4 Å². The van der Waals surface area contributed by atoms with E-state index < -0.39 is 56.5 Å². The van der Waals surface area contributed by atoms with Crippen molar-refractivity contribution >= 4 is 51.2 Å². The molecular formula is C32H30ClF6N3O5S. The Balaban J connectivity index is 1.57. The van der Waals surface area contributed by atoms with Crippen molar-refractivity contribution in [3.05, 3.63) is 82.4 Å². The van der Waals surface area contributed by atoms with Gasteiger partial charge >= 0.3 is 18.6 Å². The molecule has 0 saturated carbocycles. The van der Waals surface area contributed by atoms with Gasteiger partial charge in [0, 0.05) is 36.3 Å². The van der Waals surface area contributed by atoms with Gasteiger partial charge in [-0.3, -0.25) is 4.31 Å². The molecule has 3 aromatic carbocycles. The standard InChI is InChI=1S/C32H30ClF6N3O5S/c1-30(2,3)47-29(43)40-14-15-41-21(18-40)19-42(48(44,45)23-7-4-6-22(17-23)46-32(37,38)39)28-16-20(11-13-27(28)41)10-12-24-25(31(34,35)36)8-5-9-26(24)33/h4-13,16-17,21H,14-15,18-19H2,1-3H3/b12-10+/t21-/m0/s1. The van der Waals surface area contributed by atoms with E-state index in [1.54, 1.807) is 32.9 Å². The van der Waals surface area contributed by atoms with Gasteiger partial charge in [-0.05, 0) is 62.7 Å². The van der Waals surface area contributed by atoms with Crippen molar-refractivity contribution in [1.29, 1.82) is 0 Å². The van der Waals surface area contributed by atoms with E-state index >= 15 is 0 Å². The molecule has 1 fully saturated rings. The van der Waals surface area contributed by atoms with Crippen LogP contribution in [0.2, 0.25) is 5.02 Å². The molecule has 258 valence electrons. The van der Waals surface area contributed by atoms with Crippen molar-refractivity contribution in [2.24, 2.45) is 0 Å². The van der Waals surface area contributed by atoms with Crippen molar-refractivity contribution in [3.8, 4) is 5.75 Å². The lowest BCUT2D eigenvalue weighted by Gasteiger charge is -2.49. The first-order valence-corrected chi connectivity index (χ1v) is 16.4. The highest BCUT2D eigenvalue weighted by atomic mass is 35.5. The fourth-order valence-corrected chi connectivity index (χ4v) is 7.30. The minimum absolute atomic E-state index is 0.0754. The summed E-state index contributed by atoms with van der Waals surface area (Å²) < 4.78 is 119. The van der Waals surface area contributed by atoms with E-state index in [-0.39, 0.29) is 35.9 Å². The van der Waals surface area contributed by atoms with Crippen LogP contribution in [0, 0.1) is 0 Å². The Bertz CT molecular complexity index is 1840. The maximum Gasteiger partial charge on any atom is 0.573 e. The van der Waals surface area contributed by atoms with Gasteiger partial charge in [0.2, 0.25) is 0 Å². The van der Waals surface area contributed by atoms with Gasteiger partial charge in [-0.25, -0.2) is 13.2 Å². The summed E-state index contributed by atoms with van der Waals surface area (Å²) in [5.41, 5.74) is -1.12. The SMILES string of the molecule is CC(C)(C)OC(=O)N1CCN2c3ccc(/C=C/c4c(Cl)cccc4C(F)(F)F)cc3N(S(=O)(=O)c3cccc(OC(F)(F)F)c3)C[C@@H]2C1. The van der Waals surface area contributed by atoms with Crippen LogP contribution in [0.4, 0.5) is 42.5 Å². The Morgan fingerprint density at radius 3 is 2.27 bits per heavy atom. The Kier molecular flexibility index (Phi) is 9.34. The highest BCUT2D eigenvalue weighted by molar-refractivity contribution is 7.92. The van der Waals surface area contributed by atoms with E-state index in [9.17, 15) is 39.6 Å². The molecule has 16 heteroatoms. The number of anilines is 2. The van der Waals surface area contributed by atoms with Gasteiger partial charge < -0.3 is 19.3 Å². The molecule has 0 radical (unpaired) electrons. The number of amides is 1. The molecule has 1 amide bonds. The first-order chi connectivity index (χ1) is 22.2. The van der Waals surface area contributed by atoms with Crippen LogP contribution in [0.1, 0.15) is 37.5 Å². The summed E-state index contributed by atoms with van der Waals surface area (Å²) in [6, 6.07) is 11.4. The highest BCUT2D eigenvalue weighted by Gasteiger charge is 2.42. The molecule has 8 nitrogen and oxygen atoms in total. The molecule has 0 aromatic heterocycles. The lowest BCUT2D eigenvalue weighted by atomic mass is 10.0. The molecule has 2 aliphatic heterocycles. The Morgan fingerprint density at radius 1 is 0.896 bits per heavy atom. The predicted octanol–water partition coefficient (Wildman–Crippen LogP) is 8.06. The number of benzene rings is 3. The van der Waals surface area contributed by atoms with E-state index in [0.717, 1.165) is 34.6 Å². The van der Waals surface area contributed by atoms with Gasteiger partial charge in [0.05, 0.1) is 34.4 Å². The Hall–Kier alpha value is -4.11. The van der Waals surface area contributed by atoms with Crippen molar-refractivity contribution in [1.82, 2.24) is 4.90 Å². The monoisotopic (exact) mass is 717 g/mol. The first-order valence-electron chi connectivity index (χ1n) is 14.5. The number of hydrogen-bond donors (Lipinski definition) is 0. The maximum absolute atomic E-state index is 14.1. The van der Waals surface area contributed by atoms with Gasteiger partial charge in [0.1, 0.15) is 11.4 Å². The zero-order valence-corrected chi connectivity index (χ0v) is 27.3. The fraction of sp³-hybridized carbons (Fsp3) is 0.344. The number of halogens is 7. The summed E-state index contributed by atoms with van der Waals surface area (Å²) in [5, 5.41) is -0.144. The normalized spacial score (nSPS) is 17.3. The molecule has 0 unspecified atom stereocenters. The molecule has 2 heterocycles. The van der Waals surface area contributed by atoms with Gasteiger partial charge in [-0.15, -0.1) is 13.2 Å². The zero-order chi connectivity index (χ0) is 35.2. The van der Waals surface area contributed by atoms with Crippen LogP contribution in [-0.2, 0) is 20.9 Å². The summed E-state index contributed by atoms with van der Waals surface area (Å²) in [6.45, 7) is 5.55. The van der Waals surface area contributed by atoms with Crippen molar-refractivity contribution in [2.45, 2.75) is 49.8 Å². The minimum Gasteiger partial charge on any atom is -0.444 e. The molecular weight excluding hydrogens is 688 g/mol. The number of ether oxygens (including phenoxy) is 2. The van der Waals surface area contributed by atoms with Crippen LogP contribution in [0.15, 0.2) is 65.6 Å². The lowest BCUT2D eigenvalue weighted by Crippen LogP contribution is -2.61. The smallest absolute Gasteiger partial charge is 0.444 e. The second-order valence-corrected chi connectivity index (χ2v) is 14.4. The average Bonchev–Trinajstić information content (AvgIpc) is 2.97. The second kappa shape index (κ2) is 12.7. The lowest BCUT2D eigenvalue weighted by molar-refractivity contribution is -0.274. The van der Waals surface area contributed by atoms with Crippen LogP contribution in [0.25, 0.3) is 12.2 Å². The largest absolute Gasteiger partial charge is 0.573 e. The average molecular weight is 718 g/mol. The molecule has 0 spiro atoms. The van der Waals surface area contributed by atoms with Crippen LogP contribution in [-0.4, -0.2) is 63.6 Å². The van der Waals surface area contributed by atoms with Crippen LogP contribution in [0.3, 0.4) is 0 Å². The Morgan fingerprint density at radius 2 is 1.60 bits per heavy atom. The minimum atomic E-state index is -5.07. The molecule has 3 aromatic rings. The number of alkyl halides is 6. The summed E-state index contributed by atoms with van der Waals surface area (Å²) in [6.07, 6.45) is -7.81. The van der Waals surface area contributed by atoms with Gasteiger partial charge in [0.25, 0.3) is 10.0 Å². The number of sulfonamides is 1. The van der Waals surface area contributed by atoms with E-state index in [1.165, 1.54) is 35.3 Å². The Labute approximate surface area is 278 Å². The number of fused-ring (bicyclic) bond motifs is 3. The molecule has 5 rings (SSSR count). The summed E-state index contributed by atoms with van der Waals surface area (Å²) in [4.78, 5) is 15.8. The van der Waals surface area contributed by atoms with Crippen LogP contribution >= 0.6 is 11.6 Å². The van der Waals surface area contributed by atoms with Crippen LogP contribution in [0.5, 0.6) is 5.75 Å². The third kappa shape index (κ3) is 7.78. The van der Waals surface area contributed by atoms with Gasteiger partial charge in [-0.2, -0.15) is 13.2 Å². The molecule has 1 atom stereocenters. The second-order valence-electron chi connectivity index (χ2n) is 12.1. The van der Waals surface area contributed by atoms with Crippen molar-refractivity contribution in [3.63, 3.8) is 0 Å². The highest BCUT2D eigenvalue weighted by Crippen LogP contribution is 2.42. The van der Waals surface area contributed by atoms with E-state index in [4.69, 9.17) is 16.3 Å². The molecule has 0 bridgehead atoms. The molecule has 0 N–H and O–H groups in total. The summed E-state index contributed by atoms with van der Waals surface area (Å²) in [5.74, 6) is -0.743. The number of hydrogen-bond acceptors (Lipinski definition) is 6. The van der Waals surface area contributed by atoms with Gasteiger partial charge in [-0.1, -0.05) is 42.0 Å². The molecule has 1 saturated heterocycles. The summed E-state index contributed by atoms with van der Waals surface area (Å²) >= 11 is 6.10. The molecule has 0 aliphatic carbocycles. The third-order valence-electron chi connectivity index (χ3n) is 7.52. The number of carbonyl (C=O) groups is 1. The topological polar surface area (TPSA) is 79.4 Å². The first kappa shape index (κ1) is 35.2. The third-order valence-corrected chi connectivity index (χ3v) is 9.62. The number of carbonyl (C=O) groups excluding carboxylic acids is 1. The maximum atomic E-state index is 14.1. The quantitative estimate of drug-likeness (QED) is 0.196. The van der Waals surface area contributed by atoms with E-state index in [0.29, 0.717) is 17.8 Å². The molecule has 48 heavy (non-hydrogen) atoms. The van der Waals surface area contributed by atoms with Crippen LogP contribution < -0.4 is 13.9 Å². The van der Waals surface area contributed by atoms with E-state index in [1.807, 2.05) is 4.90 Å². The number of piperazine rings is 1. The van der Waals surface area contributed by atoms with Gasteiger partial charge in [0.15, 0.2) is 0 Å². The van der Waals surface area contributed by atoms with E-state index in [2.05, 4.69) is 4.74 Å². The summed E-state index contributed by atoms with van der Waals surface area (Å²) in [7, 11) is -4.56. The zero-order valence-electron chi connectivity index (χ0n) is 25.8. The molecule has 2 aliphatic rings. The number of nitrogens with zero attached hydrogens (tertiary/aromatic N) is 3. The predicted molar refractivity (Wildman–Crippen MR) is 168 cm³/mol.